The summed E-state index contributed by atoms with van der Waals surface area (Å²) in [6.07, 6.45) is 2.55. The van der Waals surface area contributed by atoms with Crippen LogP contribution in [0.25, 0.3) is 0 Å². The number of sulfonamides is 2. The summed E-state index contributed by atoms with van der Waals surface area (Å²) in [7, 11) is -10.8. The van der Waals surface area contributed by atoms with Crippen molar-refractivity contribution in [3.05, 3.63) is 157 Å². The molecule has 15 nitrogen and oxygen atoms in total. The standard InChI is InChI=1S/C25H28ClN3O6S3.C23H23Cl2N3O3S2/c26-19-6-4-18(5-7-19)25(31)27-17-22-8-9-24(36-22)38(34,35)29-12-10-20(11-13-29)28-21-2-1-3-23(16-21)37(32,33)15-14-30;24-17-3-1-16(2-4-17)23(29)26-15-21-9-10-22(32-21)33(30,31)28-13-11-20(12-14-28)27-19-7-5-18(25)6-8-19/h1-9,16,20,28,30H,10-15,17H2,(H,27,31);1-10,20,27H,11-15H2,(H,26,29). The zero-order valence-corrected chi connectivity index (χ0v) is 44.3. The Labute approximate surface area is 437 Å². The Kier molecular flexibility index (Phi) is 18.6. The SMILES string of the molecule is O=C(NCc1ccc(S(=O)(=O)N2CCC(Nc3ccc(Cl)cc3)CC2)s1)c1ccc(Cl)cc1.O=C(NCc1ccc(S(=O)(=O)N2CCC(Nc3cccc(S(=O)(=O)CCO)c3)CC2)s1)c1ccc(Cl)cc1. The van der Waals surface area contributed by atoms with Crippen LogP contribution in [0.4, 0.5) is 11.4 Å². The highest BCUT2D eigenvalue weighted by atomic mass is 35.5. The lowest BCUT2D eigenvalue weighted by atomic mass is 10.1. The minimum absolute atomic E-state index is 0.0146. The molecule has 2 aliphatic rings. The maximum Gasteiger partial charge on any atom is 0.252 e. The second-order valence-electron chi connectivity index (χ2n) is 16.5. The molecule has 71 heavy (non-hydrogen) atoms. The van der Waals surface area contributed by atoms with Gasteiger partial charge in [-0.3, -0.25) is 9.59 Å². The van der Waals surface area contributed by atoms with E-state index in [1.54, 1.807) is 84.9 Å². The number of nitrogens with zero attached hydrogens (tertiary/aromatic N) is 2. The first-order valence-electron chi connectivity index (χ1n) is 22.4. The molecule has 2 aliphatic heterocycles. The van der Waals surface area contributed by atoms with Crippen molar-refractivity contribution < 1.29 is 39.9 Å². The molecule has 2 saturated heterocycles. The van der Waals surface area contributed by atoms with E-state index in [9.17, 15) is 34.8 Å². The molecular weight excluding hydrogens is 1070 g/mol. The Hall–Kier alpha value is -4.58. The Bertz CT molecular complexity index is 3110. The molecule has 0 unspecified atom stereocenters. The number of hydrogen-bond donors (Lipinski definition) is 5. The van der Waals surface area contributed by atoms with E-state index in [0.29, 0.717) is 75.1 Å². The van der Waals surface area contributed by atoms with Crippen LogP contribution < -0.4 is 21.3 Å². The third kappa shape index (κ3) is 14.8. The van der Waals surface area contributed by atoms with E-state index in [1.165, 1.54) is 32.1 Å². The predicted molar refractivity (Wildman–Crippen MR) is 282 cm³/mol. The summed E-state index contributed by atoms with van der Waals surface area (Å²) in [4.78, 5) is 26.2. The summed E-state index contributed by atoms with van der Waals surface area (Å²) in [5, 5.41) is 23.1. The first-order valence-corrected chi connectivity index (χ1v) is 29.7. The van der Waals surface area contributed by atoms with E-state index in [4.69, 9.17) is 39.9 Å². The summed E-state index contributed by atoms with van der Waals surface area (Å²) in [5.41, 5.74) is 2.57. The Morgan fingerprint density at radius 1 is 0.549 bits per heavy atom. The van der Waals surface area contributed by atoms with Crippen molar-refractivity contribution in [1.29, 1.82) is 0 Å². The Morgan fingerprint density at radius 3 is 1.38 bits per heavy atom. The lowest BCUT2D eigenvalue weighted by Gasteiger charge is -2.31. The van der Waals surface area contributed by atoms with Crippen molar-refractivity contribution in [3.8, 4) is 0 Å². The number of sulfone groups is 1. The number of thiophene rings is 2. The molecule has 5 N–H and O–H groups in total. The largest absolute Gasteiger partial charge is 0.395 e. The summed E-state index contributed by atoms with van der Waals surface area (Å²) in [5.74, 6) is -0.850. The summed E-state index contributed by atoms with van der Waals surface area (Å²) >= 11 is 19.9. The van der Waals surface area contributed by atoms with E-state index in [2.05, 4.69) is 21.3 Å². The molecule has 2 amide bonds. The van der Waals surface area contributed by atoms with Gasteiger partial charge in [0.05, 0.1) is 30.3 Å². The summed E-state index contributed by atoms with van der Waals surface area (Å²) < 4.78 is 80.6. The van der Waals surface area contributed by atoms with Gasteiger partial charge in [0.2, 0.25) is 0 Å². The van der Waals surface area contributed by atoms with Crippen LogP contribution in [0.2, 0.25) is 15.1 Å². The van der Waals surface area contributed by atoms with Crippen LogP contribution >= 0.6 is 57.5 Å². The summed E-state index contributed by atoms with van der Waals surface area (Å²) in [6, 6.07) is 33.8. The number of piperidine rings is 2. The minimum atomic E-state index is -3.67. The molecule has 0 aliphatic carbocycles. The third-order valence-corrected chi connectivity index (χ3v) is 20.9. The van der Waals surface area contributed by atoms with Crippen molar-refractivity contribution in [3.63, 3.8) is 0 Å². The fourth-order valence-corrected chi connectivity index (χ4v) is 15.0. The molecule has 378 valence electrons. The number of carbonyl (C=O) groups excluding carboxylic acids is 2. The fraction of sp³-hybridized carbons (Fsp3) is 0.292. The lowest BCUT2D eigenvalue weighted by Crippen LogP contribution is -2.42. The number of anilines is 2. The number of amides is 2. The number of benzene rings is 4. The minimum Gasteiger partial charge on any atom is -0.395 e. The molecule has 0 atom stereocenters. The number of halogens is 3. The van der Waals surface area contributed by atoms with Gasteiger partial charge < -0.3 is 26.4 Å². The topological polar surface area (TPSA) is 211 Å². The number of nitrogens with one attached hydrogen (secondary N) is 4. The molecule has 4 heterocycles. The molecular formula is C48H51Cl3N6O9S5. The number of hydrogen-bond acceptors (Lipinski definition) is 13. The van der Waals surface area contributed by atoms with Crippen molar-refractivity contribution in [1.82, 2.24) is 19.2 Å². The van der Waals surface area contributed by atoms with Gasteiger partial charge in [0, 0.05) is 85.6 Å². The van der Waals surface area contributed by atoms with E-state index in [0.717, 1.165) is 39.6 Å². The number of carbonyl (C=O) groups is 2. The van der Waals surface area contributed by atoms with Crippen LogP contribution in [-0.4, -0.2) is 101 Å². The smallest absolute Gasteiger partial charge is 0.252 e. The monoisotopic (exact) mass is 1120 g/mol. The van der Waals surface area contributed by atoms with Gasteiger partial charge in [0.15, 0.2) is 9.84 Å². The Balaban J connectivity index is 0.000000211. The van der Waals surface area contributed by atoms with Crippen molar-refractivity contribution in [2.45, 2.75) is 64.2 Å². The second-order valence-corrected chi connectivity index (χ2v) is 26.6. The molecule has 6 aromatic rings. The second kappa shape index (κ2) is 24.4. The average Bonchev–Trinajstić information content (AvgIpc) is 4.06. The van der Waals surface area contributed by atoms with E-state index >= 15 is 0 Å². The third-order valence-electron chi connectivity index (χ3n) is 11.6. The van der Waals surface area contributed by atoms with Gasteiger partial charge in [-0.25, -0.2) is 25.3 Å². The van der Waals surface area contributed by atoms with Gasteiger partial charge in [-0.05, 0) is 141 Å². The van der Waals surface area contributed by atoms with Crippen LogP contribution in [-0.2, 0) is 43.0 Å². The normalized spacial score (nSPS) is 15.3. The molecule has 8 rings (SSSR count). The van der Waals surface area contributed by atoms with Gasteiger partial charge in [-0.1, -0.05) is 40.9 Å². The highest BCUT2D eigenvalue weighted by molar-refractivity contribution is 7.92. The highest BCUT2D eigenvalue weighted by Crippen LogP contribution is 2.30. The average molecular weight is 1120 g/mol. The first-order chi connectivity index (χ1) is 33.9. The van der Waals surface area contributed by atoms with Gasteiger partial charge in [-0.15, -0.1) is 22.7 Å². The van der Waals surface area contributed by atoms with Crippen LogP contribution in [0.3, 0.4) is 0 Å². The fourth-order valence-electron chi connectivity index (χ4n) is 7.70. The zero-order chi connectivity index (χ0) is 50.8. The zero-order valence-electron chi connectivity index (χ0n) is 38.0. The molecule has 0 bridgehead atoms. The van der Waals surface area contributed by atoms with Crippen molar-refractivity contribution >= 4 is 111 Å². The van der Waals surface area contributed by atoms with Gasteiger partial charge in [0.1, 0.15) is 8.42 Å². The molecule has 23 heteroatoms. The quantitative estimate of drug-likeness (QED) is 0.0584. The Morgan fingerprint density at radius 2 is 0.958 bits per heavy atom. The predicted octanol–water partition coefficient (Wildman–Crippen LogP) is 8.61. The van der Waals surface area contributed by atoms with Gasteiger partial charge in [0.25, 0.3) is 31.9 Å². The molecule has 0 radical (unpaired) electrons. The van der Waals surface area contributed by atoms with E-state index in [1.807, 2.05) is 24.3 Å². The van der Waals surface area contributed by atoms with Crippen LogP contribution in [0.5, 0.6) is 0 Å². The number of aliphatic hydroxyl groups is 1. The van der Waals surface area contributed by atoms with E-state index in [-0.39, 0.29) is 51.8 Å². The maximum absolute atomic E-state index is 13.2. The van der Waals surface area contributed by atoms with Crippen LogP contribution in [0.15, 0.2) is 135 Å². The van der Waals surface area contributed by atoms with Gasteiger partial charge in [-0.2, -0.15) is 8.61 Å². The van der Waals surface area contributed by atoms with Crippen molar-refractivity contribution in [2.24, 2.45) is 0 Å². The van der Waals surface area contributed by atoms with Crippen molar-refractivity contribution in [2.75, 3.05) is 49.2 Å². The molecule has 0 saturated carbocycles. The van der Waals surface area contributed by atoms with Gasteiger partial charge >= 0.3 is 0 Å². The van der Waals surface area contributed by atoms with Crippen LogP contribution in [0.1, 0.15) is 56.2 Å². The molecule has 0 spiro atoms. The molecule has 2 fully saturated rings. The molecule has 4 aromatic carbocycles. The highest BCUT2D eigenvalue weighted by Gasteiger charge is 2.32. The lowest BCUT2D eigenvalue weighted by molar-refractivity contribution is 0.0943. The first kappa shape index (κ1) is 54.2. The summed E-state index contributed by atoms with van der Waals surface area (Å²) in [6.45, 7) is 1.57. The maximum atomic E-state index is 13.2. The van der Waals surface area contributed by atoms with E-state index < -0.39 is 36.5 Å². The number of rotatable bonds is 17. The van der Waals surface area contributed by atoms with Crippen LogP contribution in [0, 0.1) is 0 Å². The molecule has 2 aromatic heterocycles. The number of aliphatic hydroxyl groups excluding tert-OH is 1.